The summed E-state index contributed by atoms with van der Waals surface area (Å²) in [6, 6.07) is 3.45. The summed E-state index contributed by atoms with van der Waals surface area (Å²) in [7, 11) is -1.25. The molecule has 1 atom stereocenters. The molecule has 5 heteroatoms. The van der Waals surface area contributed by atoms with Crippen LogP contribution >= 0.6 is 11.6 Å². The van der Waals surface area contributed by atoms with E-state index in [4.69, 9.17) is 11.6 Å². The van der Waals surface area contributed by atoms with E-state index < -0.39 is 11.0 Å². The molecule has 0 radical (unpaired) electrons. The van der Waals surface area contributed by atoms with Crippen LogP contribution in [0.1, 0.15) is 26.5 Å². The molecular formula is C10H13ClN2OS. The highest BCUT2D eigenvalue weighted by Gasteiger charge is 2.18. The van der Waals surface area contributed by atoms with Crippen molar-refractivity contribution in [2.24, 2.45) is 4.40 Å². The van der Waals surface area contributed by atoms with Gasteiger partial charge in [-0.3, -0.25) is 4.98 Å². The van der Waals surface area contributed by atoms with Crippen LogP contribution in [0.15, 0.2) is 22.7 Å². The summed E-state index contributed by atoms with van der Waals surface area (Å²) in [5.41, 5.74) is 0.650. The van der Waals surface area contributed by atoms with Gasteiger partial charge in [0.15, 0.2) is 0 Å². The molecule has 0 unspecified atom stereocenters. The Balaban J connectivity index is 2.74. The lowest BCUT2D eigenvalue weighted by atomic mass is 10.3. The van der Waals surface area contributed by atoms with Gasteiger partial charge in [-0.05, 0) is 32.9 Å². The van der Waals surface area contributed by atoms with E-state index in [0.717, 1.165) is 0 Å². The Morgan fingerprint density at radius 3 is 2.60 bits per heavy atom. The van der Waals surface area contributed by atoms with Crippen LogP contribution in [0, 0.1) is 0 Å². The van der Waals surface area contributed by atoms with Crippen molar-refractivity contribution in [1.82, 2.24) is 4.98 Å². The molecule has 0 spiro atoms. The van der Waals surface area contributed by atoms with E-state index in [1.165, 1.54) is 12.4 Å². The monoisotopic (exact) mass is 244 g/mol. The van der Waals surface area contributed by atoms with Crippen LogP contribution in [0.5, 0.6) is 0 Å². The summed E-state index contributed by atoms with van der Waals surface area (Å²) in [5, 5.41) is 0.573. The molecule has 1 aromatic rings. The minimum Gasteiger partial charge on any atom is -0.254 e. The third-order valence-corrected chi connectivity index (χ3v) is 3.12. The van der Waals surface area contributed by atoms with E-state index in [2.05, 4.69) is 9.38 Å². The zero-order valence-corrected chi connectivity index (χ0v) is 10.5. The van der Waals surface area contributed by atoms with Crippen LogP contribution in [-0.2, 0) is 11.0 Å². The maximum atomic E-state index is 11.6. The van der Waals surface area contributed by atoms with Gasteiger partial charge in [0.1, 0.15) is 11.0 Å². The molecule has 0 aliphatic rings. The van der Waals surface area contributed by atoms with Crippen molar-refractivity contribution in [3.63, 3.8) is 0 Å². The first-order valence-corrected chi connectivity index (χ1v) is 5.96. The standard InChI is InChI=1S/C10H13ClN2OS/c1-10(2,3)15(14)13-7-9-5-4-8(11)6-12-9/h4-7H,1-3H3/t15-/m1/s1. The molecule has 0 N–H and O–H groups in total. The van der Waals surface area contributed by atoms with Gasteiger partial charge in [0, 0.05) is 6.20 Å². The molecule has 82 valence electrons. The summed E-state index contributed by atoms with van der Waals surface area (Å²) in [6.45, 7) is 5.61. The zero-order valence-electron chi connectivity index (χ0n) is 8.90. The number of rotatable bonds is 2. The van der Waals surface area contributed by atoms with E-state index in [-0.39, 0.29) is 4.75 Å². The predicted molar refractivity (Wildman–Crippen MR) is 64.7 cm³/mol. The van der Waals surface area contributed by atoms with Gasteiger partial charge in [-0.1, -0.05) is 11.6 Å². The van der Waals surface area contributed by atoms with Gasteiger partial charge in [-0.25, -0.2) is 4.21 Å². The minimum atomic E-state index is -1.25. The van der Waals surface area contributed by atoms with Crippen molar-refractivity contribution >= 4 is 28.8 Å². The Morgan fingerprint density at radius 1 is 1.47 bits per heavy atom. The van der Waals surface area contributed by atoms with Crippen molar-refractivity contribution in [3.05, 3.63) is 29.0 Å². The number of nitrogens with zero attached hydrogens (tertiary/aromatic N) is 2. The van der Waals surface area contributed by atoms with Crippen LogP contribution < -0.4 is 0 Å². The van der Waals surface area contributed by atoms with E-state index >= 15 is 0 Å². The average molecular weight is 245 g/mol. The maximum absolute atomic E-state index is 11.6. The molecule has 1 aromatic heterocycles. The van der Waals surface area contributed by atoms with Crippen LogP contribution in [0.2, 0.25) is 5.02 Å². The van der Waals surface area contributed by atoms with Crippen LogP contribution in [-0.4, -0.2) is 20.2 Å². The predicted octanol–water partition coefficient (Wildman–Crippen LogP) is 2.62. The Kier molecular flexibility index (Phi) is 3.99. The van der Waals surface area contributed by atoms with Gasteiger partial charge in [-0.2, -0.15) is 4.40 Å². The first-order valence-electron chi connectivity index (χ1n) is 4.47. The van der Waals surface area contributed by atoms with Crippen LogP contribution in [0.25, 0.3) is 0 Å². The second-order valence-corrected chi connectivity index (χ2v) is 6.37. The second-order valence-electron chi connectivity index (χ2n) is 4.00. The van der Waals surface area contributed by atoms with E-state index in [0.29, 0.717) is 10.7 Å². The fraction of sp³-hybridized carbons (Fsp3) is 0.400. The lowest BCUT2D eigenvalue weighted by molar-refractivity contribution is 0.651. The molecule has 1 rings (SSSR count). The first-order chi connectivity index (χ1) is 6.89. The maximum Gasteiger partial charge on any atom is 0.144 e. The smallest absolute Gasteiger partial charge is 0.144 e. The van der Waals surface area contributed by atoms with E-state index in [1.807, 2.05) is 20.8 Å². The fourth-order valence-corrected chi connectivity index (χ4v) is 1.36. The minimum absolute atomic E-state index is 0.344. The molecule has 1 heterocycles. The Hall–Kier alpha value is -0.740. The van der Waals surface area contributed by atoms with Gasteiger partial charge in [0.25, 0.3) is 0 Å². The molecule has 15 heavy (non-hydrogen) atoms. The van der Waals surface area contributed by atoms with Gasteiger partial charge in [-0.15, -0.1) is 0 Å². The third kappa shape index (κ3) is 4.10. The van der Waals surface area contributed by atoms with Gasteiger partial charge in [0.2, 0.25) is 0 Å². The van der Waals surface area contributed by atoms with Crippen molar-refractivity contribution in [2.45, 2.75) is 25.5 Å². The van der Waals surface area contributed by atoms with Gasteiger partial charge < -0.3 is 0 Å². The number of hydrogen-bond acceptors (Lipinski definition) is 2. The van der Waals surface area contributed by atoms with Crippen LogP contribution in [0.4, 0.5) is 0 Å². The first kappa shape index (κ1) is 12.3. The third-order valence-electron chi connectivity index (χ3n) is 1.55. The molecule has 3 nitrogen and oxygen atoms in total. The highest BCUT2D eigenvalue weighted by molar-refractivity contribution is 7.85. The van der Waals surface area contributed by atoms with Crippen molar-refractivity contribution in [2.75, 3.05) is 0 Å². The van der Waals surface area contributed by atoms with Gasteiger partial charge >= 0.3 is 0 Å². The summed E-state index contributed by atoms with van der Waals surface area (Å²) in [4.78, 5) is 4.02. The van der Waals surface area contributed by atoms with Gasteiger partial charge in [0.05, 0.1) is 21.7 Å². The summed E-state index contributed by atoms with van der Waals surface area (Å²) in [6.07, 6.45) is 3.03. The average Bonchev–Trinajstić information content (AvgIpc) is 2.15. The summed E-state index contributed by atoms with van der Waals surface area (Å²) < 4.78 is 15.2. The summed E-state index contributed by atoms with van der Waals surface area (Å²) >= 11 is 5.68. The van der Waals surface area contributed by atoms with E-state index in [9.17, 15) is 4.21 Å². The zero-order chi connectivity index (χ0) is 11.5. The topological polar surface area (TPSA) is 42.3 Å². The number of halogens is 1. The second kappa shape index (κ2) is 4.86. The summed E-state index contributed by atoms with van der Waals surface area (Å²) in [5.74, 6) is 0. The van der Waals surface area contributed by atoms with E-state index in [1.54, 1.807) is 12.1 Å². The largest absolute Gasteiger partial charge is 0.254 e. The van der Waals surface area contributed by atoms with Crippen molar-refractivity contribution < 1.29 is 4.21 Å². The molecule has 0 fully saturated rings. The Bertz CT molecular complexity index is 381. The lowest BCUT2D eigenvalue weighted by Gasteiger charge is -2.12. The molecule has 0 saturated heterocycles. The van der Waals surface area contributed by atoms with Crippen LogP contribution in [0.3, 0.4) is 0 Å². The highest BCUT2D eigenvalue weighted by Crippen LogP contribution is 2.12. The van der Waals surface area contributed by atoms with Crippen molar-refractivity contribution in [3.8, 4) is 0 Å². The molecular weight excluding hydrogens is 232 g/mol. The fourth-order valence-electron chi connectivity index (χ4n) is 0.724. The number of aromatic nitrogens is 1. The molecule has 0 bridgehead atoms. The Labute approximate surface area is 97.2 Å². The normalized spacial score (nSPS) is 14.4. The lowest BCUT2D eigenvalue weighted by Crippen LogP contribution is -2.19. The number of pyridine rings is 1. The SMILES string of the molecule is CC(C)(C)[S@@](=O)N=Cc1ccc(Cl)cn1. The van der Waals surface area contributed by atoms with Crippen molar-refractivity contribution in [1.29, 1.82) is 0 Å². The molecule has 0 aromatic carbocycles. The molecule has 0 aliphatic carbocycles. The molecule has 0 saturated carbocycles. The molecule has 0 aliphatic heterocycles. The molecule has 0 amide bonds. The quantitative estimate of drug-likeness (QED) is 0.751. The Morgan fingerprint density at radius 2 is 2.13 bits per heavy atom. The number of hydrogen-bond donors (Lipinski definition) is 0. The highest BCUT2D eigenvalue weighted by atomic mass is 35.5.